The first-order chi connectivity index (χ1) is 4.34. The lowest BCUT2D eigenvalue weighted by molar-refractivity contribution is 0.913. The largest absolute Gasteiger partial charge is 0.223 e. The number of aromatic nitrogens is 3. The molecule has 0 spiro atoms. The number of hydrogen-bond donors (Lipinski definition) is 0. The van der Waals surface area contributed by atoms with Gasteiger partial charge in [0.2, 0.25) is 0 Å². The fourth-order valence-corrected chi connectivity index (χ4v) is 0.399. The molecule has 1 rings (SSSR count). The Kier molecular flexibility index (Phi) is 1.28. The quantitative estimate of drug-likeness (QED) is 0.500. The topological polar surface area (TPSA) is 54.5 Å². The minimum atomic E-state index is 0.271. The highest BCUT2D eigenvalue weighted by atomic mass is 15.3. The van der Waals surface area contributed by atoms with Gasteiger partial charge in [0.15, 0.2) is 0 Å². The normalized spacial score (nSPS) is 8.33. The number of nitriles is 1. The van der Waals surface area contributed by atoms with Gasteiger partial charge in [-0.25, -0.2) is 9.67 Å². The standard InChI is InChI=1S/C5H4N4/c1-5(2-6)9-4-7-3-8-9/h3-4H,1H2. The van der Waals surface area contributed by atoms with Gasteiger partial charge >= 0.3 is 0 Å². The molecule has 1 aromatic heterocycles. The Morgan fingerprint density at radius 3 is 3.00 bits per heavy atom. The third-order valence-corrected chi connectivity index (χ3v) is 0.824. The molecule has 0 amide bonds. The first-order valence-electron chi connectivity index (χ1n) is 2.28. The van der Waals surface area contributed by atoms with Crippen LogP contribution in [0.3, 0.4) is 0 Å². The summed E-state index contributed by atoms with van der Waals surface area (Å²) in [6.45, 7) is 3.42. The molecule has 0 unspecified atom stereocenters. The van der Waals surface area contributed by atoms with E-state index in [-0.39, 0.29) is 5.70 Å². The molecule has 0 aromatic carbocycles. The van der Waals surface area contributed by atoms with Crippen LogP contribution in [-0.2, 0) is 0 Å². The molecule has 1 aromatic rings. The number of nitrogens with zero attached hydrogens (tertiary/aromatic N) is 4. The number of hydrogen-bond acceptors (Lipinski definition) is 3. The molecule has 0 aliphatic rings. The van der Waals surface area contributed by atoms with Crippen molar-refractivity contribution in [2.75, 3.05) is 0 Å². The van der Waals surface area contributed by atoms with Crippen molar-refractivity contribution in [1.82, 2.24) is 14.8 Å². The molecule has 9 heavy (non-hydrogen) atoms. The molecule has 0 fully saturated rings. The average molecular weight is 120 g/mol. The summed E-state index contributed by atoms with van der Waals surface area (Å²) in [5.74, 6) is 0. The molecule has 0 saturated carbocycles. The average Bonchev–Trinajstić information content (AvgIpc) is 2.37. The maximum absolute atomic E-state index is 8.27. The van der Waals surface area contributed by atoms with E-state index >= 15 is 0 Å². The van der Waals surface area contributed by atoms with Crippen LogP contribution in [0.5, 0.6) is 0 Å². The fourth-order valence-electron chi connectivity index (χ4n) is 0.399. The van der Waals surface area contributed by atoms with Gasteiger partial charge in [-0.1, -0.05) is 6.58 Å². The lowest BCUT2D eigenvalue weighted by Crippen LogP contribution is -1.92. The van der Waals surface area contributed by atoms with Gasteiger partial charge in [-0.2, -0.15) is 10.4 Å². The SMILES string of the molecule is C=C(C#N)n1cncn1. The van der Waals surface area contributed by atoms with Gasteiger partial charge in [0, 0.05) is 0 Å². The van der Waals surface area contributed by atoms with Crippen LogP contribution in [0.2, 0.25) is 0 Å². The Labute approximate surface area is 52.1 Å². The Balaban J connectivity index is 2.93. The number of rotatable bonds is 1. The predicted molar refractivity (Wildman–Crippen MR) is 31.0 cm³/mol. The van der Waals surface area contributed by atoms with Gasteiger partial charge in [0.05, 0.1) is 0 Å². The smallest absolute Gasteiger partial charge is 0.138 e. The highest BCUT2D eigenvalue weighted by Gasteiger charge is 1.91. The van der Waals surface area contributed by atoms with E-state index in [1.807, 2.05) is 6.07 Å². The van der Waals surface area contributed by atoms with Crippen LogP contribution in [0.1, 0.15) is 0 Å². The van der Waals surface area contributed by atoms with E-state index in [1.54, 1.807) is 0 Å². The molecule has 0 saturated heterocycles. The summed E-state index contributed by atoms with van der Waals surface area (Å²) < 4.78 is 1.31. The molecule has 4 nitrogen and oxygen atoms in total. The maximum atomic E-state index is 8.27. The van der Waals surface area contributed by atoms with Gasteiger partial charge in [0.1, 0.15) is 24.4 Å². The van der Waals surface area contributed by atoms with Crippen molar-refractivity contribution in [1.29, 1.82) is 5.26 Å². The summed E-state index contributed by atoms with van der Waals surface area (Å²) in [6.07, 6.45) is 2.77. The lowest BCUT2D eigenvalue weighted by atomic mass is 10.6. The van der Waals surface area contributed by atoms with Gasteiger partial charge in [-0.15, -0.1) is 0 Å². The molecular formula is C5H4N4. The van der Waals surface area contributed by atoms with E-state index in [1.165, 1.54) is 17.3 Å². The van der Waals surface area contributed by atoms with E-state index in [0.29, 0.717) is 0 Å². The summed E-state index contributed by atoms with van der Waals surface area (Å²) in [7, 11) is 0. The molecule has 0 N–H and O–H groups in total. The summed E-state index contributed by atoms with van der Waals surface area (Å²) in [5, 5.41) is 11.9. The monoisotopic (exact) mass is 120 g/mol. The van der Waals surface area contributed by atoms with Crippen LogP contribution in [0.25, 0.3) is 5.70 Å². The molecule has 44 valence electrons. The van der Waals surface area contributed by atoms with E-state index in [9.17, 15) is 0 Å². The highest BCUT2D eigenvalue weighted by molar-refractivity contribution is 5.55. The minimum absolute atomic E-state index is 0.271. The second-order valence-electron chi connectivity index (χ2n) is 1.40. The van der Waals surface area contributed by atoms with E-state index in [0.717, 1.165) is 0 Å². The van der Waals surface area contributed by atoms with Crippen LogP contribution < -0.4 is 0 Å². The maximum Gasteiger partial charge on any atom is 0.138 e. The van der Waals surface area contributed by atoms with Gasteiger partial charge in [0.25, 0.3) is 0 Å². The summed E-state index contributed by atoms with van der Waals surface area (Å²) >= 11 is 0. The molecule has 0 bridgehead atoms. The van der Waals surface area contributed by atoms with Crippen molar-refractivity contribution in [3.63, 3.8) is 0 Å². The first-order valence-corrected chi connectivity index (χ1v) is 2.28. The van der Waals surface area contributed by atoms with Crippen LogP contribution in [0, 0.1) is 11.3 Å². The predicted octanol–water partition coefficient (Wildman–Crippen LogP) is 0.272. The van der Waals surface area contributed by atoms with Gasteiger partial charge in [-0.3, -0.25) is 0 Å². The summed E-state index contributed by atoms with van der Waals surface area (Å²) in [4.78, 5) is 3.63. The molecular weight excluding hydrogens is 116 g/mol. The van der Waals surface area contributed by atoms with Gasteiger partial charge < -0.3 is 0 Å². The Morgan fingerprint density at radius 1 is 1.78 bits per heavy atom. The Morgan fingerprint density at radius 2 is 2.56 bits per heavy atom. The number of allylic oxidation sites excluding steroid dienone is 1. The van der Waals surface area contributed by atoms with Gasteiger partial charge in [-0.05, 0) is 0 Å². The van der Waals surface area contributed by atoms with Crippen molar-refractivity contribution in [3.05, 3.63) is 19.2 Å². The fraction of sp³-hybridized carbons (Fsp3) is 0. The molecule has 0 aliphatic carbocycles. The zero-order chi connectivity index (χ0) is 6.69. The minimum Gasteiger partial charge on any atom is -0.223 e. The summed E-state index contributed by atoms with van der Waals surface area (Å²) in [6, 6.07) is 1.83. The lowest BCUT2D eigenvalue weighted by Gasteiger charge is -1.88. The Bertz CT molecular complexity index is 240. The van der Waals surface area contributed by atoms with Crippen LogP contribution in [0.15, 0.2) is 19.2 Å². The second kappa shape index (κ2) is 2.09. The van der Waals surface area contributed by atoms with Crippen LogP contribution in [-0.4, -0.2) is 14.8 Å². The zero-order valence-electron chi connectivity index (χ0n) is 4.65. The van der Waals surface area contributed by atoms with Crippen molar-refractivity contribution >= 4 is 5.70 Å². The van der Waals surface area contributed by atoms with E-state index < -0.39 is 0 Å². The van der Waals surface area contributed by atoms with Crippen LogP contribution >= 0.6 is 0 Å². The zero-order valence-corrected chi connectivity index (χ0v) is 4.65. The van der Waals surface area contributed by atoms with Crippen molar-refractivity contribution in [3.8, 4) is 6.07 Å². The third kappa shape index (κ3) is 0.941. The van der Waals surface area contributed by atoms with Crippen molar-refractivity contribution < 1.29 is 0 Å². The molecule has 0 aliphatic heterocycles. The second-order valence-corrected chi connectivity index (χ2v) is 1.40. The molecule has 0 radical (unpaired) electrons. The third-order valence-electron chi connectivity index (χ3n) is 0.824. The van der Waals surface area contributed by atoms with Crippen molar-refractivity contribution in [2.24, 2.45) is 0 Å². The molecule has 4 heteroatoms. The van der Waals surface area contributed by atoms with E-state index in [2.05, 4.69) is 16.7 Å². The highest BCUT2D eigenvalue weighted by Crippen LogP contribution is 1.91. The summed E-state index contributed by atoms with van der Waals surface area (Å²) in [5.41, 5.74) is 0.271. The Hall–Kier alpha value is -1.63. The first kappa shape index (κ1) is 5.51. The van der Waals surface area contributed by atoms with Crippen LogP contribution in [0.4, 0.5) is 0 Å². The van der Waals surface area contributed by atoms with E-state index in [4.69, 9.17) is 5.26 Å². The van der Waals surface area contributed by atoms with Crippen molar-refractivity contribution in [2.45, 2.75) is 0 Å². The molecule has 0 atom stereocenters. The molecule has 1 heterocycles.